The first-order valence-electron chi connectivity index (χ1n) is 6.98. The molecule has 0 unspecified atom stereocenters. The van der Waals surface area contributed by atoms with Crippen molar-refractivity contribution < 1.29 is 4.74 Å². The quantitative estimate of drug-likeness (QED) is 0.860. The van der Waals surface area contributed by atoms with Crippen LogP contribution in [0.5, 0.6) is 5.88 Å². The molecule has 2 N–H and O–H groups in total. The fourth-order valence-corrected chi connectivity index (χ4v) is 2.57. The summed E-state index contributed by atoms with van der Waals surface area (Å²) in [5, 5.41) is 0. The topological polar surface area (TPSA) is 67.5 Å². The highest BCUT2D eigenvalue weighted by atomic mass is 16.5. The lowest BCUT2D eigenvalue weighted by molar-refractivity contribution is 0.396. The van der Waals surface area contributed by atoms with Crippen LogP contribution in [-0.4, -0.2) is 43.3 Å². The van der Waals surface area contributed by atoms with Crippen molar-refractivity contribution in [3.8, 4) is 5.88 Å². The second kappa shape index (κ2) is 5.87. The lowest BCUT2D eigenvalue weighted by Gasteiger charge is -2.37. The summed E-state index contributed by atoms with van der Waals surface area (Å²) in [6.45, 7) is 3.63. The third-order valence-electron chi connectivity index (χ3n) is 3.72. The summed E-state index contributed by atoms with van der Waals surface area (Å²) in [6.07, 6.45) is 1.54. The van der Waals surface area contributed by atoms with Crippen molar-refractivity contribution >= 4 is 17.2 Å². The Kier molecular flexibility index (Phi) is 3.77. The first kappa shape index (κ1) is 13.5. The van der Waals surface area contributed by atoms with E-state index < -0.39 is 0 Å². The fourth-order valence-electron chi connectivity index (χ4n) is 2.57. The van der Waals surface area contributed by atoms with Crippen LogP contribution >= 0.6 is 0 Å². The third-order valence-corrected chi connectivity index (χ3v) is 3.72. The van der Waals surface area contributed by atoms with E-state index in [4.69, 9.17) is 10.5 Å². The molecule has 3 rings (SSSR count). The summed E-state index contributed by atoms with van der Waals surface area (Å²) in [5.41, 5.74) is 7.98. The van der Waals surface area contributed by atoms with Gasteiger partial charge in [-0.2, -0.15) is 0 Å². The minimum absolute atomic E-state index is 0.592. The summed E-state index contributed by atoms with van der Waals surface area (Å²) in [7, 11) is 1.61. The number of hydrogen-bond donors (Lipinski definition) is 1. The van der Waals surface area contributed by atoms with Gasteiger partial charge < -0.3 is 20.3 Å². The maximum absolute atomic E-state index is 6.04. The first-order valence-corrected chi connectivity index (χ1v) is 6.98. The summed E-state index contributed by atoms with van der Waals surface area (Å²) < 4.78 is 5.15. The zero-order valence-corrected chi connectivity index (χ0v) is 12.1. The van der Waals surface area contributed by atoms with Gasteiger partial charge in [0.15, 0.2) is 0 Å². The molecule has 0 radical (unpaired) electrons. The lowest BCUT2D eigenvalue weighted by atomic mass is 10.2. The number of piperazine rings is 1. The largest absolute Gasteiger partial charge is 0.481 e. The molecule has 6 heteroatoms. The highest BCUT2D eigenvalue weighted by molar-refractivity contribution is 5.67. The predicted molar refractivity (Wildman–Crippen MR) is 83.9 cm³/mol. The number of nitrogens with two attached hydrogens (primary N) is 1. The molecule has 21 heavy (non-hydrogen) atoms. The Morgan fingerprint density at radius 1 is 1.05 bits per heavy atom. The van der Waals surface area contributed by atoms with E-state index in [9.17, 15) is 0 Å². The summed E-state index contributed by atoms with van der Waals surface area (Å²) in [4.78, 5) is 12.9. The second-order valence-electron chi connectivity index (χ2n) is 4.95. The van der Waals surface area contributed by atoms with Crippen LogP contribution in [0.2, 0.25) is 0 Å². The molecule has 0 aliphatic carbocycles. The molecule has 0 spiro atoms. The monoisotopic (exact) mass is 285 g/mol. The Balaban J connectivity index is 1.69. The van der Waals surface area contributed by atoms with Gasteiger partial charge in [-0.3, -0.25) is 0 Å². The Morgan fingerprint density at radius 3 is 2.48 bits per heavy atom. The van der Waals surface area contributed by atoms with Crippen LogP contribution in [0.25, 0.3) is 0 Å². The molecule has 1 aliphatic rings. The Bertz CT molecular complexity index is 611. The number of para-hydroxylation sites is 2. The molecular formula is C15H19N5O. The van der Waals surface area contributed by atoms with Crippen molar-refractivity contribution in [1.29, 1.82) is 0 Å². The van der Waals surface area contributed by atoms with Gasteiger partial charge in [0.2, 0.25) is 5.88 Å². The number of nitrogens with zero attached hydrogens (tertiary/aromatic N) is 4. The lowest BCUT2D eigenvalue weighted by Crippen LogP contribution is -2.47. The highest BCUT2D eigenvalue weighted by Gasteiger charge is 2.19. The minimum atomic E-state index is 0.592. The van der Waals surface area contributed by atoms with E-state index in [0.29, 0.717) is 5.88 Å². The average Bonchev–Trinajstić information content (AvgIpc) is 2.56. The van der Waals surface area contributed by atoms with Gasteiger partial charge in [0.05, 0.1) is 18.5 Å². The number of nitrogen functional groups attached to an aromatic ring is 1. The maximum atomic E-state index is 6.04. The standard InChI is InChI=1S/C15H19N5O/c1-21-15-10-14(17-11-18-15)20-8-6-19(7-9-20)13-5-3-2-4-12(13)16/h2-5,10-11H,6-9,16H2,1H3. The van der Waals surface area contributed by atoms with Gasteiger partial charge in [0, 0.05) is 32.2 Å². The van der Waals surface area contributed by atoms with Crippen LogP contribution in [-0.2, 0) is 0 Å². The number of rotatable bonds is 3. The van der Waals surface area contributed by atoms with E-state index >= 15 is 0 Å². The van der Waals surface area contributed by atoms with Crippen molar-refractivity contribution in [2.24, 2.45) is 0 Å². The van der Waals surface area contributed by atoms with Crippen LogP contribution in [0, 0.1) is 0 Å². The van der Waals surface area contributed by atoms with Crippen molar-refractivity contribution in [3.63, 3.8) is 0 Å². The Labute approximate surface area is 124 Å². The van der Waals surface area contributed by atoms with E-state index in [2.05, 4.69) is 25.8 Å². The van der Waals surface area contributed by atoms with Crippen LogP contribution < -0.4 is 20.3 Å². The Morgan fingerprint density at radius 2 is 1.76 bits per heavy atom. The molecule has 1 aromatic heterocycles. The van der Waals surface area contributed by atoms with Gasteiger partial charge in [0.1, 0.15) is 12.1 Å². The van der Waals surface area contributed by atoms with Crippen LogP contribution in [0.15, 0.2) is 36.7 Å². The number of anilines is 3. The predicted octanol–water partition coefficient (Wildman–Crippen LogP) is 1.39. The molecule has 1 aliphatic heterocycles. The molecule has 0 bridgehead atoms. The summed E-state index contributed by atoms with van der Waals surface area (Å²) in [5.74, 6) is 1.50. The number of aromatic nitrogens is 2. The van der Waals surface area contributed by atoms with Gasteiger partial charge in [-0.15, -0.1) is 0 Å². The maximum Gasteiger partial charge on any atom is 0.218 e. The number of hydrogen-bond acceptors (Lipinski definition) is 6. The zero-order chi connectivity index (χ0) is 14.7. The number of ether oxygens (including phenoxy) is 1. The first-order chi connectivity index (χ1) is 10.3. The SMILES string of the molecule is COc1cc(N2CCN(c3ccccc3N)CC2)ncn1. The van der Waals surface area contributed by atoms with E-state index in [1.165, 1.54) is 6.33 Å². The minimum Gasteiger partial charge on any atom is -0.481 e. The van der Waals surface area contributed by atoms with Crippen molar-refractivity contribution in [2.45, 2.75) is 0 Å². The van der Waals surface area contributed by atoms with Crippen molar-refractivity contribution in [1.82, 2.24) is 9.97 Å². The molecule has 2 aromatic rings. The Hall–Kier alpha value is -2.50. The molecule has 110 valence electrons. The molecule has 1 fully saturated rings. The van der Waals surface area contributed by atoms with Gasteiger partial charge in [-0.25, -0.2) is 9.97 Å². The number of methoxy groups -OCH3 is 1. The molecule has 0 amide bonds. The van der Waals surface area contributed by atoms with Crippen molar-refractivity contribution in [2.75, 3.05) is 48.8 Å². The van der Waals surface area contributed by atoms with Gasteiger partial charge in [0.25, 0.3) is 0 Å². The van der Waals surface area contributed by atoms with Gasteiger partial charge >= 0.3 is 0 Å². The normalized spacial score (nSPS) is 15.1. The third kappa shape index (κ3) is 2.84. The van der Waals surface area contributed by atoms with Crippen molar-refractivity contribution in [3.05, 3.63) is 36.7 Å². The number of benzene rings is 1. The van der Waals surface area contributed by atoms with E-state index in [1.54, 1.807) is 7.11 Å². The summed E-state index contributed by atoms with van der Waals surface area (Å²) >= 11 is 0. The fraction of sp³-hybridized carbons (Fsp3) is 0.333. The molecule has 1 saturated heterocycles. The average molecular weight is 285 g/mol. The van der Waals surface area contributed by atoms with Gasteiger partial charge in [-0.05, 0) is 12.1 Å². The zero-order valence-electron chi connectivity index (χ0n) is 12.1. The highest BCUT2D eigenvalue weighted by Crippen LogP contribution is 2.25. The smallest absolute Gasteiger partial charge is 0.218 e. The molecule has 2 heterocycles. The molecule has 6 nitrogen and oxygen atoms in total. The molecular weight excluding hydrogens is 266 g/mol. The second-order valence-corrected chi connectivity index (χ2v) is 4.95. The molecule has 1 aromatic carbocycles. The molecule has 0 saturated carbocycles. The molecule has 0 atom stereocenters. The summed E-state index contributed by atoms with van der Waals surface area (Å²) in [6, 6.07) is 9.86. The van der Waals surface area contributed by atoms with Crippen LogP contribution in [0.1, 0.15) is 0 Å². The van der Waals surface area contributed by atoms with E-state index in [0.717, 1.165) is 43.4 Å². The van der Waals surface area contributed by atoms with E-state index in [1.807, 2.05) is 24.3 Å². The van der Waals surface area contributed by atoms with Crippen LogP contribution in [0.4, 0.5) is 17.2 Å². The van der Waals surface area contributed by atoms with E-state index in [-0.39, 0.29) is 0 Å². The van der Waals surface area contributed by atoms with Crippen LogP contribution in [0.3, 0.4) is 0 Å². The van der Waals surface area contributed by atoms with Gasteiger partial charge in [-0.1, -0.05) is 12.1 Å².